The van der Waals surface area contributed by atoms with E-state index in [1.807, 2.05) is 11.8 Å². The van der Waals surface area contributed by atoms with Gasteiger partial charge in [-0.1, -0.05) is 0 Å². The third-order valence-corrected chi connectivity index (χ3v) is 2.10. The highest BCUT2D eigenvalue weighted by atomic mass is 16.5. The SMILES string of the molecule is COCCN1C(=O)CNCC1C. The second kappa shape index (κ2) is 4.42. The summed E-state index contributed by atoms with van der Waals surface area (Å²) in [5, 5.41) is 3.06. The molecule has 0 spiro atoms. The van der Waals surface area contributed by atoms with E-state index in [1.165, 1.54) is 0 Å². The van der Waals surface area contributed by atoms with Crippen LogP contribution in [0.15, 0.2) is 0 Å². The van der Waals surface area contributed by atoms with Crippen LogP contribution in [0.25, 0.3) is 0 Å². The Labute approximate surface area is 72.9 Å². The number of methoxy groups -OCH3 is 1. The Morgan fingerprint density at radius 1 is 1.75 bits per heavy atom. The van der Waals surface area contributed by atoms with Gasteiger partial charge in [0.1, 0.15) is 0 Å². The Morgan fingerprint density at radius 3 is 3.08 bits per heavy atom. The van der Waals surface area contributed by atoms with Crippen molar-refractivity contribution >= 4 is 5.91 Å². The molecule has 1 amide bonds. The molecule has 0 aliphatic carbocycles. The number of ether oxygens (including phenoxy) is 1. The number of hydrogen-bond acceptors (Lipinski definition) is 3. The monoisotopic (exact) mass is 172 g/mol. The minimum absolute atomic E-state index is 0.172. The molecule has 1 heterocycles. The maximum Gasteiger partial charge on any atom is 0.236 e. The van der Waals surface area contributed by atoms with Crippen LogP contribution in [0.4, 0.5) is 0 Å². The van der Waals surface area contributed by atoms with Gasteiger partial charge < -0.3 is 15.0 Å². The van der Waals surface area contributed by atoms with E-state index in [9.17, 15) is 4.79 Å². The molecule has 70 valence electrons. The first-order valence-electron chi connectivity index (χ1n) is 4.25. The quantitative estimate of drug-likeness (QED) is 0.621. The lowest BCUT2D eigenvalue weighted by Gasteiger charge is -2.33. The number of piperazine rings is 1. The van der Waals surface area contributed by atoms with E-state index in [0.29, 0.717) is 25.7 Å². The number of rotatable bonds is 3. The number of nitrogens with zero attached hydrogens (tertiary/aromatic N) is 1. The molecule has 0 aromatic heterocycles. The summed E-state index contributed by atoms with van der Waals surface area (Å²) in [6.07, 6.45) is 0. The molecule has 4 nitrogen and oxygen atoms in total. The van der Waals surface area contributed by atoms with Gasteiger partial charge >= 0.3 is 0 Å². The summed E-state index contributed by atoms with van der Waals surface area (Å²) >= 11 is 0. The number of carbonyl (C=O) groups excluding carboxylic acids is 1. The molecule has 1 aliphatic heterocycles. The average Bonchev–Trinajstić information content (AvgIpc) is 2.04. The number of hydrogen-bond donors (Lipinski definition) is 1. The van der Waals surface area contributed by atoms with Crippen LogP contribution in [0.5, 0.6) is 0 Å². The van der Waals surface area contributed by atoms with Gasteiger partial charge in [-0.25, -0.2) is 0 Å². The van der Waals surface area contributed by atoms with Gasteiger partial charge in [0.15, 0.2) is 0 Å². The van der Waals surface area contributed by atoms with Gasteiger partial charge in [-0.2, -0.15) is 0 Å². The molecule has 1 atom stereocenters. The van der Waals surface area contributed by atoms with Gasteiger partial charge in [-0.3, -0.25) is 4.79 Å². The Bertz CT molecular complexity index is 161. The summed E-state index contributed by atoms with van der Waals surface area (Å²) in [5.74, 6) is 0.172. The zero-order chi connectivity index (χ0) is 8.97. The molecule has 1 aliphatic rings. The van der Waals surface area contributed by atoms with Crippen LogP contribution in [-0.4, -0.2) is 50.2 Å². The van der Waals surface area contributed by atoms with Crippen molar-refractivity contribution in [3.8, 4) is 0 Å². The number of carbonyl (C=O) groups is 1. The second-order valence-electron chi connectivity index (χ2n) is 3.06. The van der Waals surface area contributed by atoms with Gasteiger partial charge in [0.05, 0.1) is 13.2 Å². The molecule has 4 heteroatoms. The van der Waals surface area contributed by atoms with E-state index >= 15 is 0 Å². The fraction of sp³-hybridized carbons (Fsp3) is 0.875. The molecule has 0 saturated carbocycles. The van der Waals surface area contributed by atoms with Crippen LogP contribution in [0.2, 0.25) is 0 Å². The molecule has 0 aromatic carbocycles. The molecule has 0 radical (unpaired) electrons. The molecule has 0 aromatic rings. The topological polar surface area (TPSA) is 41.6 Å². The minimum Gasteiger partial charge on any atom is -0.383 e. The van der Waals surface area contributed by atoms with Crippen LogP contribution in [0, 0.1) is 0 Å². The highest BCUT2D eigenvalue weighted by Crippen LogP contribution is 2.02. The lowest BCUT2D eigenvalue weighted by molar-refractivity contribution is -0.135. The molecule has 0 bridgehead atoms. The first-order chi connectivity index (χ1) is 5.75. The van der Waals surface area contributed by atoms with Gasteiger partial charge in [0.2, 0.25) is 5.91 Å². The minimum atomic E-state index is 0.172. The van der Waals surface area contributed by atoms with E-state index in [-0.39, 0.29) is 5.91 Å². The third-order valence-electron chi connectivity index (χ3n) is 2.10. The van der Waals surface area contributed by atoms with Crippen molar-refractivity contribution in [2.45, 2.75) is 13.0 Å². The summed E-state index contributed by atoms with van der Waals surface area (Å²) in [4.78, 5) is 13.2. The largest absolute Gasteiger partial charge is 0.383 e. The highest BCUT2D eigenvalue weighted by molar-refractivity contribution is 5.79. The van der Waals surface area contributed by atoms with Crippen molar-refractivity contribution in [3.63, 3.8) is 0 Å². The number of nitrogens with one attached hydrogen (secondary N) is 1. The first-order valence-corrected chi connectivity index (χ1v) is 4.25. The summed E-state index contributed by atoms with van der Waals surface area (Å²) < 4.78 is 4.93. The fourth-order valence-corrected chi connectivity index (χ4v) is 1.38. The first kappa shape index (κ1) is 9.48. The van der Waals surface area contributed by atoms with Gasteiger partial charge in [0.25, 0.3) is 0 Å². The van der Waals surface area contributed by atoms with E-state index in [4.69, 9.17) is 4.74 Å². The lowest BCUT2D eigenvalue weighted by Crippen LogP contribution is -2.54. The summed E-state index contributed by atoms with van der Waals surface area (Å²) in [7, 11) is 1.65. The predicted molar refractivity (Wildman–Crippen MR) is 45.9 cm³/mol. The fourth-order valence-electron chi connectivity index (χ4n) is 1.38. The maximum absolute atomic E-state index is 11.3. The smallest absolute Gasteiger partial charge is 0.236 e. The van der Waals surface area contributed by atoms with Crippen molar-refractivity contribution in [2.24, 2.45) is 0 Å². The summed E-state index contributed by atoms with van der Waals surface area (Å²) in [6, 6.07) is 0.293. The van der Waals surface area contributed by atoms with Crippen LogP contribution in [-0.2, 0) is 9.53 Å². The average molecular weight is 172 g/mol. The third kappa shape index (κ3) is 2.19. The van der Waals surface area contributed by atoms with Gasteiger partial charge in [-0.15, -0.1) is 0 Å². The second-order valence-corrected chi connectivity index (χ2v) is 3.06. The van der Waals surface area contributed by atoms with Crippen molar-refractivity contribution in [1.29, 1.82) is 0 Å². The Kier molecular flexibility index (Phi) is 3.49. The zero-order valence-corrected chi connectivity index (χ0v) is 7.67. The van der Waals surface area contributed by atoms with Crippen LogP contribution in [0.3, 0.4) is 0 Å². The van der Waals surface area contributed by atoms with E-state index in [0.717, 1.165) is 6.54 Å². The van der Waals surface area contributed by atoms with Crippen molar-refractivity contribution in [3.05, 3.63) is 0 Å². The zero-order valence-electron chi connectivity index (χ0n) is 7.67. The maximum atomic E-state index is 11.3. The van der Waals surface area contributed by atoms with Crippen molar-refractivity contribution < 1.29 is 9.53 Å². The predicted octanol–water partition coefficient (Wildman–Crippen LogP) is -0.547. The molecule has 1 saturated heterocycles. The van der Waals surface area contributed by atoms with E-state index in [1.54, 1.807) is 7.11 Å². The lowest BCUT2D eigenvalue weighted by atomic mass is 10.2. The Morgan fingerprint density at radius 2 is 2.50 bits per heavy atom. The molecular weight excluding hydrogens is 156 g/mol. The van der Waals surface area contributed by atoms with Crippen molar-refractivity contribution in [2.75, 3.05) is 33.4 Å². The molecule has 12 heavy (non-hydrogen) atoms. The van der Waals surface area contributed by atoms with Crippen LogP contribution in [0.1, 0.15) is 6.92 Å². The van der Waals surface area contributed by atoms with Gasteiger partial charge in [0, 0.05) is 26.2 Å². The Balaban J connectivity index is 2.40. The van der Waals surface area contributed by atoms with Crippen molar-refractivity contribution in [1.82, 2.24) is 10.2 Å². The molecular formula is C8H16N2O2. The van der Waals surface area contributed by atoms with E-state index < -0.39 is 0 Å². The normalized spacial score (nSPS) is 24.7. The number of amides is 1. The molecule has 1 fully saturated rings. The van der Waals surface area contributed by atoms with E-state index in [2.05, 4.69) is 5.32 Å². The summed E-state index contributed by atoms with van der Waals surface area (Å²) in [5.41, 5.74) is 0. The highest BCUT2D eigenvalue weighted by Gasteiger charge is 2.23. The standard InChI is InChI=1S/C8H16N2O2/c1-7-5-9-6-8(11)10(7)3-4-12-2/h7,9H,3-6H2,1-2H3. The molecule has 1 unspecified atom stereocenters. The Hall–Kier alpha value is -0.610. The molecule has 1 N–H and O–H groups in total. The van der Waals surface area contributed by atoms with Crippen LogP contribution >= 0.6 is 0 Å². The van der Waals surface area contributed by atoms with Crippen LogP contribution < -0.4 is 5.32 Å². The summed E-state index contributed by atoms with van der Waals surface area (Å²) in [6.45, 7) is 4.72. The molecule has 1 rings (SSSR count). The van der Waals surface area contributed by atoms with Gasteiger partial charge in [-0.05, 0) is 6.92 Å².